The molecule has 1 unspecified atom stereocenters. The fourth-order valence-corrected chi connectivity index (χ4v) is 1.59. The summed E-state index contributed by atoms with van der Waals surface area (Å²) >= 11 is 0. The van der Waals surface area contributed by atoms with E-state index in [4.69, 9.17) is 15.6 Å². The van der Waals surface area contributed by atoms with Crippen molar-refractivity contribution in [3.63, 3.8) is 0 Å². The van der Waals surface area contributed by atoms with Gasteiger partial charge < -0.3 is 15.6 Å². The number of hydrogen-bond donors (Lipinski definition) is 2. The van der Waals surface area contributed by atoms with Crippen molar-refractivity contribution in [3.8, 4) is 5.75 Å². The molecule has 1 atom stereocenters. The van der Waals surface area contributed by atoms with Crippen LogP contribution in [0, 0.1) is 5.82 Å². The maximum absolute atomic E-state index is 13.4. The van der Waals surface area contributed by atoms with Gasteiger partial charge in [0.1, 0.15) is 0 Å². The molecule has 1 aromatic carbocycles. The minimum absolute atomic E-state index is 0.0687. The maximum atomic E-state index is 13.4. The Balaban J connectivity index is 3.08. The Bertz CT molecular complexity index is 381. The van der Waals surface area contributed by atoms with Gasteiger partial charge in [-0.3, -0.25) is 4.79 Å². The second-order valence-corrected chi connectivity index (χ2v) is 3.39. The summed E-state index contributed by atoms with van der Waals surface area (Å²) in [6.07, 6.45) is -0.143. The summed E-state index contributed by atoms with van der Waals surface area (Å²) in [6.45, 7) is 0.131. The molecule has 88 valence electrons. The summed E-state index contributed by atoms with van der Waals surface area (Å²) in [5.74, 6) is -1.85. The number of carboxylic acids is 1. The van der Waals surface area contributed by atoms with Gasteiger partial charge in [-0.15, -0.1) is 0 Å². The number of ether oxygens (including phenoxy) is 1. The SMILES string of the molecule is COc1c(F)cccc1C(CN)CC(=O)O. The first kappa shape index (κ1) is 12.4. The van der Waals surface area contributed by atoms with E-state index in [0.717, 1.165) is 0 Å². The van der Waals surface area contributed by atoms with E-state index in [9.17, 15) is 9.18 Å². The van der Waals surface area contributed by atoms with E-state index >= 15 is 0 Å². The number of aliphatic carboxylic acids is 1. The lowest BCUT2D eigenvalue weighted by Gasteiger charge is -2.16. The molecule has 3 N–H and O–H groups in total. The van der Waals surface area contributed by atoms with Crippen LogP contribution in [-0.2, 0) is 4.79 Å². The van der Waals surface area contributed by atoms with E-state index < -0.39 is 17.7 Å². The fraction of sp³-hybridized carbons (Fsp3) is 0.364. The molecule has 1 aromatic rings. The van der Waals surface area contributed by atoms with Gasteiger partial charge in [0.2, 0.25) is 0 Å². The number of hydrogen-bond acceptors (Lipinski definition) is 3. The molecule has 0 spiro atoms. The lowest BCUT2D eigenvalue weighted by atomic mass is 9.95. The third-order valence-electron chi connectivity index (χ3n) is 2.35. The third-order valence-corrected chi connectivity index (χ3v) is 2.35. The Hall–Kier alpha value is -1.62. The monoisotopic (exact) mass is 227 g/mol. The first-order chi connectivity index (χ1) is 7.60. The molecule has 0 amide bonds. The lowest BCUT2D eigenvalue weighted by molar-refractivity contribution is -0.137. The fourth-order valence-electron chi connectivity index (χ4n) is 1.59. The summed E-state index contributed by atoms with van der Waals surface area (Å²) in [4.78, 5) is 10.6. The van der Waals surface area contributed by atoms with Crippen molar-refractivity contribution < 1.29 is 19.0 Å². The minimum atomic E-state index is -0.971. The number of benzene rings is 1. The summed E-state index contributed by atoms with van der Waals surface area (Å²) < 4.78 is 18.3. The summed E-state index contributed by atoms with van der Waals surface area (Å²) in [5, 5.41) is 8.72. The van der Waals surface area contributed by atoms with Crippen molar-refractivity contribution in [1.29, 1.82) is 0 Å². The molecule has 5 heteroatoms. The Kier molecular flexibility index (Phi) is 4.25. The highest BCUT2D eigenvalue weighted by atomic mass is 19.1. The largest absolute Gasteiger partial charge is 0.493 e. The van der Waals surface area contributed by atoms with E-state index in [2.05, 4.69) is 0 Å². The van der Waals surface area contributed by atoms with Crippen LogP contribution in [0.4, 0.5) is 4.39 Å². The first-order valence-electron chi connectivity index (χ1n) is 4.84. The Morgan fingerprint density at radius 3 is 2.81 bits per heavy atom. The van der Waals surface area contributed by atoms with E-state index in [-0.39, 0.29) is 18.7 Å². The quantitative estimate of drug-likeness (QED) is 0.796. The first-order valence-corrected chi connectivity index (χ1v) is 4.84. The van der Waals surface area contributed by atoms with Crippen LogP contribution in [0.1, 0.15) is 17.9 Å². The zero-order valence-corrected chi connectivity index (χ0v) is 8.94. The molecule has 0 fully saturated rings. The highest BCUT2D eigenvalue weighted by molar-refractivity contribution is 5.68. The Labute approximate surface area is 92.8 Å². The van der Waals surface area contributed by atoms with Gasteiger partial charge in [0.15, 0.2) is 11.6 Å². The summed E-state index contributed by atoms with van der Waals surface area (Å²) in [5.41, 5.74) is 5.98. The molecule has 0 aliphatic rings. The van der Waals surface area contributed by atoms with Gasteiger partial charge in [0.05, 0.1) is 13.5 Å². The highest BCUT2D eigenvalue weighted by Gasteiger charge is 2.19. The summed E-state index contributed by atoms with van der Waals surface area (Å²) in [7, 11) is 1.34. The normalized spacial score (nSPS) is 12.2. The van der Waals surface area contributed by atoms with Crippen LogP contribution in [0.3, 0.4) is 0 Å². The standard InChI is InChI=1S/C11H14FNO3/c1-16-11-8(3-2-4-9(11)12)7(6-13)5-10(14)15/h2-4,7H,5-6,13H2,1H3,(H,14,15). The maximum Gasteiger partial charge on any atom is 0.304 e. The van der Waals surface area contributed by atoms with Gasteiger partial charge in [0, 0.05) is 11.5 Å². The number of nitrogens with two attached hydrogens (primary N) is 1. The molecule has 0 heterocycles. The number of carboxylic acid groups (broad SMARTS) is 1. The van der Waals surface area contributed by atoms with Crippen molar-refractivity contribution in [2.75, 3.05) is 13.7 Å². The van der Waals surface area contributed by atoms with E-state index in [1.807, 2.05) is 0 Å². The second kappa shape index (κ2) is 5.46. The number of para-hydroxylation sites is 1. The van der Waals surface area contributed by atoms with Crippen molar-refractivity contribution in [2.24, 2.45) is 5.73 Å². The molecule has 0 bridgehead atoms. The molecular weight excluding hydrogens is 213 g/mol. The summed E-state index contributed by atoms with van der Waals surface area (Å²) in [6, 6.07) is 4.40. The smallest absolute Gasteiger partial charge is 0.304 e. The predicted octanol–water partition coefficient (Wildman–Crippen LogP) is 1.35. The molecule has 4 nitrogen and oxygen atoms in total. The van der Waals surface area contributed by atoms with Crippen LogP contribution >= 0.6 is 0 Å². The van der Waals surface area contributed by atoms with Gasteiger partial charge in [-0.2, -0.15) is 0 Å². The molecule has 0 saturated heterocycles. The Morgan fingerprint density at radius 1 is 1.62 bits per heavy atom. The van der Waals surface area contributed by atoms with Gasteiger partial charge in [-0.1, -0.05) is 12.1 Å². The van der Waals surface area contributed by atoms with Crippen LogP contribution in [-0.4, -0.2) is 24.7 Å². The van der Waals surface area contributed by atoms with Gasteiger partial charge in [0.25, 0.3) is 0 Å². The number of halogens is 1. The zero-order chi connectivity index (χ0) is 12.1. The predicted molar refractivity (Wildman–Crippen MR) is 57.0 cm³/mol. The van der Waals surface area contributed by atoms with Crippen LogP contribution in [0.5, 0.6) is 5.75 Å². The molecule has 16 heavy (non-hydrogen) atoms. The van der Waals surface area contributed by atoms with Gasteiger partial charge in [-0.25, -0.2) is 4.39 Å². The van der Waals surface area contributed by atoms with Crippen molar-refractivity contribution >= 4 is 5.97 Å². The van der Waals surface area contributed by atoms with Gasteiger partial charge in [-0.05, 0) is 12.6 Å². The number of rotatable bonds is 5. The molecule has 0 aliphatic carbocycles. The van der Waals surface area contributed by atoms with Crippen molar-refractivity contribution in [1.82, 2.24) is 0 Å². The minimum Gasteiger partial charge on any atom is -0.493 e. The molecule has 0 aliphatic heterocycles. The number of methoxy groups -OCH3 is 1. The van der Waals surface area contributed by atoms with Crippen LogP contribution in [0.2, 0.25) is 0 Å². The topological polar surface area (TPSA) is 72.5 Å². The van der Waals surface area contributed by atoms with Crippen molar-refractivity contribution in [2.45, 2.75) is 12.3 Å². The van der Waals surface area contributed by atoms with Gasteiger partial charge >= 0.3 is 5.97 Å². The van der Waals surface area contributed by atoms with E-state index in [1.165, 1.54) is 19.2 Å². The molecule has 1 rings (SSSR count). The average Bonchev–Trinajstić information content (AvgIpc) is 2.25. The van der Waals surface area contributed by atoms with Crippen LogP contribution in [0.25, 0.3) is 0 Å². The van der Waals surface area contributed by atoms with E-state index in [0.29, 0.717) is 5.56 Å². The van der Waals surface area contributed by atoms with Crippen molar-refractivity contribution in [3.05, 3.63) is 29.6 Å². The third kappa shape index (κ3) is 2.70. The van der Waals surface area contributed by atoms with E-state index in [1.54, 1.807) is 6.07 Å². The highest BCUT2D eigenvalue weighted by Crippen LogP contribution is 2.30. The van der Waals surface area contributed by atoms with Crippen LogP contribution in [0.15, 0.2) is 18.2 Å². The zero-order valence-electron chi connectivity index (χ0n) is 8.94. The average molecular weight is 227 g/mol. The molecule has 0 aromatic heterocycles. The Morgan fingerprint density at radius 2 is 2.31 bits per heavy atom. The second-order valence-electron chi connectivity index (χ2n) is 3.39. The lowest BCUT2D eigenvalue weighted by Crippen LogP contribution is -2.17. The molecule has 0 saturated carbocycles. The molecular formula is C11H14FNO3. The molecule has 0 radical (unpaired) electrons. The van der Waals surface area contributed by atoms with Crippen LogP contribution < -0.4 is 10.5 Å². The number of carbonyl (C=O) groups is 1.